The van der Waals surface area contributed by atoms with E-state index in [0.717, 1.165) is 31.5 Å². The summed E-state index contributed by atoms with van der Waals surface area (Å²) in [7, 11) is 1.34. The van der Waals surface area contributed by atoms with Gasteiger partial charge in [0.1, 0.15) is 11.4 Å². The van der Waals surface area contributed by atoms with Crippen LogP contribution in [0.5, 0.6) is 5.75 Å². The molecular formula is C20H20N2O4. The summed E-state index contributed by atoms with van der Waals surface area (Å²) in [6.07, 6.45) is 5.14. The highest BCUT2D eigenvalue weighted by Gasteiger charge is 2.41. The number of pyridine rings is 1. The summed E-state index contributed by atoms with van der Waals surface area (Å²) < 4.78 is 11.1. The number of nitrogens with one attached hydrogen (secondary N) is 1. The molecule has 134 valence electrons. The Kier molecular flexibility index (Phi) is 4.20. The number of hydrogen-bond acceptors (Lipinski definition) is 6. The van der Waals surface area contributed by atoms with Crippen LogP contribution in [0, 0.1) is 0 Å². The number of ether oxygens (including phenoxy) is 2. The van der Waals surface area contributed by atoms with Crippen molar-refractivity contribution in [1.82, 2.24) is 10.3 Å². The van der Waals surface area contributed by atoms with Gasteiger partial charge in [0.2, 0.25) is 0 Å². The second-order valence-electron chi connectivity index (χ2n) is 6.76. The second-order valence-corrected chi connectivity index (χ2v) is 6.76. The summed E-state index contributed by atoms with van der Waals surface area (Å²) in [6, 6.07) is 7.24. The third kappa shape index (κ3) is 2.86. The molecule has 0 saturated carbocycles. The summed E-state index contributed by atoms with van der Waals surface area (Å²) in [5, 5.41) is 3.31. The minimum Gasteiger partial charge on any atom is -0.486 e. The zero-order valence-electron chi connectivity index (χ0n) is 14.6. The third-order valence-electron chi connectivity index (χ3n) is 5.14. The molecule has 6 heteroatoms. The van der Waals surface area contributed by atoms with E-state index in [0.29, 0.717) is 28.9 Å². The van der Waals surface area contributed by atoms with Gasteiger partial charge in [-0.25, -0.2) is 4.79 Å². The fraction of sp³-hybridized carbons (Fsp3) is 0.350. The maximum Gasteiger partial charge on any atom is 0.340 e. The Morgan fingerprint density at radius 2 is 2.04 bits per heavy atom. The number of hydrogen-bond donors (Lipinski definition) is 1. The molecule has 0 amide bonds. The van der Waals surface area contributed by atoms with E-state index in [1.54, 1.807) is 18.3 Å². The van der Waals surface area contributed by atoms with Crippen molar-refractivity contribution in [1.29, 1.82) is 0 Å². The molecule has 6 nitrogen and oxygen atoms in total. The van der Waals surface area contributed by atoms with Gasteiger partial charge in [0.15, 0.2) is 5.78 Å². The van der Waals surface area contributed by atoms with Crippen molar-refractivity contribution in [3.63, 3.8) is 0 Å². The zero-order chi connectivity index (χ0) is 18.1. The van der Waals surface area contributed by atoms with Crippen LogP contribution in [0.15, 0.2) is 36.7 Å². The predicted molar refractivity (Wildman–Crippen MR) is 95.4 cm³/mol. The number of Topliss-reactive ketones (excluding diaryl/α,β-unsaturated/α-hetero) is 1. The molecule has 0 unspecified atom stereocenters. The number of ketones is 1. The largest absolute Gasteiger partial charge is 0.486 e. The average molecular weight is 352 g/mol. The van der Waals surface area contributed by atoms with Crippen LogP contribution in [0.2, 0.25) is 0 Å². The first-order chi connectivity index (χ1) is 12.6. The minimum atomic E-state index is -0.456. The van der Waals surface area contributed by atoms with Gasteiger partial charge in [-0.05, 0) is 42.4 Å². The van der Waals surface area contributed by atoms with Gasteiger partial charge in [0.05, 0.1) is 24.7 Å². The molecule has 0 atom stereocenters. The maximum absolute atomic E-state index is 12.8. The quantitative estimate of drug-likeness (QED) is 0.837. The first-order valence-electron chi connectivity index (χ1n) is 8.72. The number of benzene rings is 1. The number of esters is 1. The summed E-state index contributed by atoms with van der Waals surface area (Å²) in [5.41, 5.74) is 2.01. The smallest absolute Gasteiger partial charge is 0.340 e. The topological polar surface area (TPSA) is 77.5 Å². The van der Waals surface area contributed by atoms with Gasteiger partial charge in [0.25, 0.3) is 0 Å². The van der Waals surface area contributed by atoms with E-state index in [1.807, 2.05) is 12.1 Å². The van der Waals surface area contributed by atoms with Crippen LogP contribution < -0.4 is 10.1 Å². The van der Waals surface area contributed by atoms with Gasteiger partial charge >= 0.3 is 5.97 Å². The first-order valence-corrected chi connectivity index (χ1v) is 8.72. The molecule has 1 spiro atoms. The van der Waals surface area contributed by atoms with Gasteiger partial charge in [-0.15, -0.1) is 0 Å². The Morgan fingerprint density at radius 1 is 1.23 bits per heavy atom. The van der Waals surface area contributed by atoms with Crippen LogP contribution in [0.3, 0.4) is 0 Å². The highest BCUT2D eigenvalue weighted by Crippen LogP contribution is 2.40. The lowest BCUT2D eigenvalue weighted by molar-refractivity contribution is 0.0187. The fourth-order valence-electron chi connectivity index (χ4n) is 3.74. The molecule has 1 aromatic heterocycles. The van der Waals surface area contributed by atoms with Crippen molar-refractivity contribution in [2.45, 2.75) is 24.9 Å². The molecular weight excluding hydrogens is 332 g/mol. The average Bonchev–Trinajstić information content (AvgIpc) is 2.68. The lowest BCUT2D eigenvalue weighted by atomic mass is 9.82. The van der Waals surface area contributed by atoms with E-state index in [-0.39, 0.29) is 11.4 Å². The second kappa shape index (κ2) is 6.53. The van der Waals surface area contributed by atoms with Crippen LogP contribution >= 0.6 is 0 Å². The molecule has 1 fully saturated rings. The SMILES string of the molecule is COC(=O)c1cnccc1-c1ccc2c(c1)C(=O)CC1(CCNCC1)O2. The van der Waals surface area contributed by atoms with E-state index in [9.17, 15) is 9.59 Å². The van der Waals surface area contributed by atoms with E-state index >= 15 is 0 Å². The van der Waals surface area contributed by atoms with Crippen molar-refractivity contribution in [2.24, 2.45) is 0 Å². The molecule has 1 saturated heterocycles. The molecule has 2 aliphatic rings. The van der Waals surface area contributed by atoms with Gasteiger partial charge in [-0.1, -0.05) is 6.07 Å². The van der Waals surface area contributed by atoms with Crippen LogP contribution in [-0.4, -0.2) is 42.5 Å². The Hall–Kier alpha value is -2.73. The summed E-state index contributed by atoms with van der Waals surface area (Å²) in [4.78, 5) is 28.8. The summed E-state index contributed by atoms with van der Waals surface area (Å²) in [6.45, 7) is 1.72. The summed E-state index contributed by atoms with van der Waals surface area (Å²) >= 11 is 0. The van der Waals surface area contributed by atoms with E-state index in [2.05, 4.69) is 10.3 Å². The molecule has 26 heavy (non-hydrogen) atoms. The molecule has 0 radical (unpaired) electrons. The molecule has 2 aromatic rings. The van der Waals surface area contributed by atoms with Crippen molar-refractivity contribution < 1.29 is 19.1 Å². The molecule has 1 aromatic carbocycles. The number of methoxy groups -OCH3 is 1. The van der Waals surface area contributed by atoms with Crippen LogP contribution in [0.25, 0.3) is 11.1 Å². The lowest BCUT2D eigenvalue weighted by Crippen LogP contribution is -2.49. The molecule has 0 bridgehead atoms. The first kappa shape index (κ1) is 16.7. The van der Waals surface area contributed by atoms with Crippen LogP contribution in [0.4, 0.5) is 0 Å². The third-order valence-corrected chi connectivity index (χ3v) is 5.14. The Bertz CT molecular complexity index is 872. The Labute approximate surface area is 151 Å². The van der Waals surface area contributed by atoms with Crippen molar-refractivity contribution in [2.75, 3.05) is 20.2 Å². The van der Waals surface area contributed by atoms with Crippen LogP contribution in [-0.2, 0) is 4.74 Å². The predicted octanol–water partition coefficient (Wildman–Crippen LogP) is 2.62. The number of nitrogens with zero attached hydrogens (tertiary/aromatic N) is 1. The number of aromatic nitrogens is 1. The van der Waals surface area contributed by atoms with Crippen molar-refractivity contribution in [3.05, 3.63) is 47.8 Å². The number of carbonyl (C=O) groups excluding carboxylic acids is 2. The van der Waals surface area contributed by atoms with Gasteiger partial charge in [0, 0.05) is 25.2 Å². The van der Waals surface area contributed by atoms with E-state index in [1.165, 1.54) is 13.3 Å². The number of carbonyl (C=O) groups is 2. The monoisotopic (exact) mass is 352 g/mol. The van der Waals surface area contributed by atoms with Gasteiger partial charge < -0.3 is 14.8 Å². The van der Waals surface area contributed by atoms with Gasteiger partial charge in [-0.2, -0.15) is 0 Å². The minimum absolute atomic E-state index is 0.0867. The Balaban J connectivity index is 1.72. The lowest BCUT2D eigenvalue weighted by Gasteiger charge is -2.41. The normalized spacial score (nSPS) is 18.1. The van der Waals surface area contributed by atoms with E-state index < -0.39 is 5.97 Å². The van der Waals surface area contributed by atoms with E-state index in [4.69, 9.17) is 9.47 Å². The fourth-order valence-corrected chi connectivity index (χ4v) is 3.74. The molecule has 1 N–H and O–H groups in total. The zero-order valence-corrected chi connectivity index (χ0v) is 14.6. The molecule has 0 aliphatic carbocycles. The Morgan fingerprint density at radius 3 is 2.81 bits per heavy atom. The van der Waals surface area contributed by atoms with Crippen molar-refractivity contribution >= 4 is 11.8 Å². The maximum atomic E-state index is 12.8. The highest BCUT2D eigenvalue weighted by molar-refractivity contribution is 6.03. The molecule has 4 rings (SSSR count). The van der Waals surface area contributed by atoms with Crippen LogP contribution in [0.1, 0.15) is 40.0 Å². The summed E-state index contributed by atoms with van der Waals surface area (Å²) in [5.74, 6) is 0.256. The van der Waals surface area contributed by atoms with Crippen molar-refractivity contribution in [3.8, 4) is 16.9 Å². The molecule has 3 heterocycles. The molecule has 2 aliphatic heterocycles. The van der Waals surface area contributed by atoms with Gasteiger partial charge in [-0.3, -0.25) is 9.78 Å². The number of fused-ring (bicyclic) bond motifs is 1. The number of rotatable bonds is 2. The highest BCUT2D eigenvalue weighted by atomic mass is 16.5. The number of piperidine rings is 1. The standard InChI is InChI=1S/C20H20N2O4/c1-25-19(24)16-12-22-7-4-14(16)13-2-3-18-15(10-13)17(23)11-20(26-18)5-8-21-9-6-20/h2-4,7,10,12,21H,5-6,8-9,11H2,1H3.